The van der Waals surface area contributed by atoms with Crippen LogP contribution in [0, 0.1) is 0 Å². The highest BCUT2D eigenvalue weighted by atomic mass is 16.3. The fourth-order valence-electron chi connectivity index (χ4n) is 2.09. The van der Waals surface area contributed by atoms with Crippen LogP contribution in [-0.4, -0.2) is 9.55 Å². The van der Waals surface area contributed by atoms with Crippen molar-refractivity contribution in [1.29, 1.82) is 0 Å². The molecule has 2 aromatic heterocycles. The maximum Gasteiger partial charge on any atom is 0.269 e. The van der Waals surface area contributed by atoms with Crippen molar-refractivity contribution >= 4 is 11.0 Å². The predicted molar refractivity (Wildman–Crippen MR) is 71.6 cm³/mol. The maximum atomic E-state index is 12.0. The first-order chi connectivity index (χ1) is 9.25. The van der Waals surface area contributed by atoms with Gasteiger partial charge in [-0.05, 0) is 24.3 Å². The van der Waals surface area contributed by atoms with E-state index >= 15 is 0 Å². The zero-order valence-electron chi connectivity index (χ0n) is 10.2. The Kier molecular flexibility index (Phi) is 2.89. The molecule has 0 aliphatic carbocycles. The molecule has 5 heteroatoms. The largest absolute Gasteiger partial charge is 0.468 e. The number of fused-ring (bicyclic) bond motifs is 1. The third-order valence-corrected chi connectivity index (χ3v) is 3.04. The lowest BCUT2D eigenvalue weighted by atomic mass is 10.2. The van der Waals surface area contributed by atoms with E-state index in [-0.39, 0.29) is 11.6 Å². The van der Waals surface area contributed by atoms with Gasteiger partial charge in [0.2, 0.25) is 0 Å². The SMILES string of the molecule is NC(Cn1c(=O)cnc2ccccc21)c1ccco1. The lowest BCUT2D eigenvalue weighted by Crippen LogP contribution is -2.26. The van der Waals surface area contributed by atoms with Gasteiger partial charge >= 0.3 is 0 Å². The number of hydrogen-bond acceptors (Lipinski definition) is 4. The highest BCUT2D eigenvalue weighted by Gasteiger charge is 2.12. The van der Waals surface area contributed by atoms with Crippen LogP contribution in [0.15, 0.2) is 58.1 Å². The van der Waals surface area contributed by atoms with Gasteiger partial charge in [-0.25, -0.2) is 4.98 Å². The van der Waals surface area contributed by atoms with Crippen molar-refractivity contribution in [1.82, 2.24) is 9.55 Å². The number of nitrogens with two attached hydrogens (primary N) is 1. The lowest BCUT2D eigenvalue weighted by molar-refractivity contribution is 0.435. The van der Waals surface area contributed by atoms with Crippen LogP contribution >= 0.6 is 0 Å². The number of aromatic nitrogens is 2. The molecule has 2 N–H and O–H groups in total. The van der Waals surface area contributed by atoms with Crippen molar-refractivity contribution in [2.24, 2.45) is 5.73 Å². The fourth-order valence-corrected chi connectivity index (χ4v) is 2.09. The predicted octanol–water partition coefficient (Wildman–Crippen LogP) is 1.69. The van der Waals surface area contributed by atoms with Gasteiger partial charge in [-0.2, -0.15) is 0 Å². The van der Waals surface area contributed by atoms with Gasteiger partial charge in [0.05, 0.1) is 29.5 Å². The quantitative estimate of drug-likeness (QED) is 0.772. The smallest absolute Gasteiger partial charge is 0.269 e. The minimum absolute atomic E-state index is 0.166. The minimum Gasteiger partial charge on any atom is -0.468 e. The van der Waals surface area contributed by atoms with Crippen LogP contribution in [0.25, 0.3) is 11.0 Å². The first-order valence-corrected chi connectivity index (χ1v) is 5.99. The molecular formula is C14H13N3O2. The van der Waals surface area contributed by atoms with Crippen LogP contribution < -0.4 is 11.3 Å². The number of nitrogens with zero attached hydrogens (tertiary/aromatic N) is 2. The van der Waals surface area contributed by atoms with E-state index in [0.717, 1.165) is 11.0 Å². The van der Waals surface area contributed by atoms with Crippen molar-refractivity contribution in [3.8, 4) is 0 Å². The molecule has 0 bridgehead atoms. The van der Waals surface area contributed by atoms with E-state index in [9.17, 15) is 4.79 Å². The van der Waals surface area contributed by atoms with E-state index in [4.69, 9.17) is 10.2 Å². The van der Waals surface area contributed by atoms with Crippen molar-refractivity contribution in [3.05, 3.63) is 65.0 Å². The molecule has 0 fully saturated rings. The third kappa shape index (κ3) is 2.15. The molecule has 0 aliphatic heterocycles. The van der Waals surface area contributed by atoms with Gasteiger partial charge in [-0.15, -0.1) is 0 Å². The number of benzene rings is 1. The Morgan fingerprint density at radius 3 is 2.89 bits per heavy atom. The van der Waals surface area contributed by atoms with Gasteiger partial charge < -0.3 is 14.7 Å². The van der Waals surface area contributed by atoms with Crippen LogP contribution in [0.2, 0.25) is 0 Å². The van der Waals surface area contributed by atoms with Crippen molar-refractivity contribution in [2.45, 2.75) is 12.6 Å². The van der Waals surface area contributed by atoms with Gasteiger partial charge in [0.25, 0.3) is 5.56 Å². The molecule has 1 unspecified atom stereocenters. The maximum absolute atomic E-state index is 12.0. The summed E-state index contributed by atoms with van der Waals surface area (Å²) in [5.74, 6) is 0.660. The molecule has 3 aromatic rings. The lowest BCUT2D eigenvalue weighted by Gasteiger charge is -2.13. The Hall–Kier alpha value is -2.40. The standard InChI is InChI=1S/C14H13N3O2/c15-10(13-6-3-7-19-13)9-17-12-5-2-1-4-11(12)16-8-14(17)18/h1-8,10H,9,15H2. The summed E-state index contributed by atoms with van der Waals surface area (Å²) in [6, 6.07) is 10.7. The Morgan fingerprint density at radius 2 is 2.11 bits per heavy atom. The van der Waals surface area contributed by atoms with E-state index in [2.05, 4.69) is 4.98 Å². The van der Waals surface area contributed by atoms with Gasteiger partial charge in [-0.3, -0.25) is 4.79 Å². The zero-order valence-corrected chi connectivity index (χ0v) is 10.2. The first-order valence-electron chi connectivity index (χ1n) is 5.99. The van der Waals surface area contributed by atoms with Crippen LogP contribution in [0.4, 0.5) is 0 Å². The first kappa shape index (κ1) is 11.7. The summed E-state index contributed by atoms with van der Waals surface area (Å²) in [6.45, 7) is 0.357. The van der Waals surface area contributed by atoms with Crippen LogP contribution in [0.3, 0.4) is 0 Å². The van der Waals surface area contributed by atoms with Gasteiger partial charge in [-0.1, -0.05) is 12.1 Å². The van der Waals surface area contributed by atoms with E-state index in [1.165, 1.54) is 6.20 Å². The number of rotatable bonds is 3. The molecule has 1 aromatic carbocycles. The molecule has 0 aliphatic rings. The Balaban J connectivity index is 2.05. The normalized spacial score (nSPS) is 12.7. The molecule has 0 spiro atoms. The van der Waals surface area contributed by atoms with Crippen LogP contribution in [0.1, 0.15) is 11.8 Å². The summed E-state index contributed by atoms with van der Waals surface area (Å²) in [5.41, 5.74) is 7.44. The van der Waals surface area contributed by atoms with E-state index < -0.39 is 0 Å². The average Bonchev–Trinajstić information content (AvgIpc) is 2.96. The van der Waals surface area contributed by atoms with E-state index in [0.29, 0.717) is 12.3 Å². The van der Waals surface area contributed by atoms with Gasteiger partial charge in [0, 0.05) is 6.54 Å². The Bertz CT molecular complexity index is 747. The second kappa shape index (κ2) is 4.70. The molecule has 96 valence electrons. The van der Waals surface area contributed by atoms with Crippen molar-refractivity contribution < 1.29 is 4.42 Å². The second-order valence-corrected chi connectivity index (χ2v) is 4.32. The summed E-state index contributed by atoms with van der Waals surface area (Å²) in [6.07, 6.45) is 2.89. The van der Waals surface area contributed by atoms with Crippen molar-refractivity contribution in [3.63, 3.8) is 0 Å². The Labute approximate surface area is 109 Å². The molecule has 0 amide bonds. The minimum atomic E-state index is -0.362. The number of para-hydroxylation sites is 2. The molecule has 19 heavy (non-hydrogen) atoms. The monoisotopic (exact) mass is 255 g/mol. The van der Waals surface area contributed by atoms with E-state index in [1.807, 2.05) is 24.3 Å². The molecule has 0 radical (unpaired) electrons. The summed E-state index contributed by atoms with van der Waals surface area (Å²) < 4.78 is 6.88. The molecule has 0 saturated carbocycles. The summed E-state index contributed by atoms with van der Waals surface area (Å²) in [7, 11) is 0. The molecular weight excluding hydrogens is 242 g/mol. The molecule has 1 atom stereocenters. The van der Waals surface area contributed by atoms with Crippen LogP contribution in [0.5, 0.6) is 0 Å². The molecule has 2 heterocycles. The number of hydrogen-bond donors (Lipinski definition) is 1. The zero-order chi connectivity index (χ0) is 13.2. The summed E-state index contributed by atoms with van der Waals surface area (Å²) in [5, 5.41) is 0. The highest BCUT2D eigenvalue weighted by Crippen LogP contribution is 2.15. The van der Waals surface area contributed by atoms with Crippen LogP contribution in [-0.2, 0) is 6.54 Å². The molecule has 0 saturated heterocycles. The summed E-state index contributed by atoms with van der Waals surface area (Å²) in [4.78, 5) is 16.1. The molecule has 3 rings (SSSR count). The topological polar surface area (TPSA) is 74.0 Å². The summed E-state index contributed by atoms with van der Waals surface area (Å²) >= 11 is 0. The fraction of sp³-hybridized carbons (Fsp3) is 0.143. The molecule has 5 nitrogen and oxygen atoms in total. The average molecular weight is 255 g/mol. The van der Waals surface area contributed by atoms with Gasteiger partial charge in [0.15, 0.2) is 0 Å². The Morgan fingerprint density at radius 1 is 1.26 bits per heavy atom. The number of furan rings is 1. The van der Waals surface area contributed by atoms with Gasteiger partial charge in [0.1, 0.15) is 5.76 Å². The second-order valence-electron chi connectivity index (χ2n) is 4.32. The van der Waals surface area contributed by atoms with Crippen molar-refractivity contribution in [2.75, 3.05) is 0 Å². The van der Waals surface area contributed by atoms with E-state index in [1.54, 1.807) is 23.0 Å². The highest BCUT2D eigenvalue weighted by molar-refractivity contribution is 5.74. The third-order valence-electron chi connectivity index (χ3n) is 3.04.